The summed E-state index contributed by atoms with van der Waals surface area (Å²) in [5, 5.41) is 4.23. The lowest BCUT2D eigenvalue weighted by atomic mass is 9.82. The van der Waals surface area contributed by atoms with Crippen molar-refractivity contribution >= 4 is 5.97 Å². The molecule has 1 fully saturated rings. The highest BCUT2D eigenvalue weighted by Crippen LogP contribution is 2.35. The molecule has 0 amide bonds. The molecule has 1 aliphatic carbocycles. The average Bonchev–Trinajstić information content (AvgIpc) is 2.84. The van der Waals surface area contributed by atoms with Crippen molar-refractivity contribution in [2.75, 3.05) is 6.61 Å². The first-order chi connectivity index (χ1) is 7.79. The first-order valence-corrected chi connectivity index (χ1v) is 5.97. The number of hydrogen-bond donors (Lipinski definition) is 0. The second-order valence-corrected chi connectivity index (χ2v) is 4.26. The van der Waals surface area contributed by atoms with Crippen molar-refractivity contribution in [2.45, 2.75) is 44.6 Å². The van der Waals surface area contributed by atoms with Crippen molar-refractivity contribution in [3.8, 4) is 0 Å². The highest BCUT2D eigenvalue weighted by molar-refractivity contribution is 5.78. The fraction of sp³-hybridized carbons (Fsp3) is 0.667. The molecule has 2 rings (SSSR count). The van der Waals surface area contributed by atoms with Gasteiger partial charge in [-0.05, 0) is 25.8 Å². The smallest absolute Gasteiger partial charge is 0.334 e. The van der Waals surface area contributed by atoms with Crippen molar-refractivity contribution in [3.63, 3.8) is 0 Å². The van der Waals surface area contributed by atoms with Crippen molar-refractivity contribution in [2.24, 2.45) is 0 Å². The highest BCUT2D eigenvalue weighted by Gasteiger charge is 2.43. The van der Waals surface area contributed by atoms with Crippen molar-refractivity contribution < 1.29 is 9.53 Å². The maximum Gasteiger partial charge on any atom is 0.334 e. The van der Waals surface area contributed by atoms with Gasteiger partial charge >= 0.3 is 5.97 Å². The lowest BCUT2D eigenvalue weighted by molar-refractivity contribution is -0.156. The third kappa shape index (κ3) is 1.84. The minimum atomic E-state index is -0.544. The summed E-state index contributed by atoms with van der Waals surface area (Å²) < 4.78 is 6.99. The summed E-state index contributed by atoms with van der Waals surface area (Å²) in [6.45, 7) is 2.28. The predicted molar refractivity (Wildman–Crippen MR) is 59.9 cm³/mol. The zero-order valence-electron chi connectivity index (χ0n) is 9.69. The monoisotopic (exact) mass is 222 g/mol. The number of rotatable bonds is 3. The van der Waals surface area contributed by atoms with Crippen LogP contribution in [0.25, 0.3) is 0 Å². The molecule has 4 nitrogen and oxygen atoms in total. The van der Waals surface area contributed by atoms with Crippen LogP contribution in [0.3, 0.4) is 0 Å². The maximum atomic E-state index is 12.1. The number of carbonyl (C=O) groups excluding carboxylic acids is 1. The van der Waals surface area contributed by atoms with E-state index in [0.29, 0.717) is 6.61 Å². The van der Waals surface area contributed by atoms with Gasteiger partial charge in [-0.2, -0.15) is 5.10 Å². The van der Waals surface area contributed by atoms with E-state index in [-0.39, 0.29) is 5.97 Å². The Bertz CT molecular complexity index is 340. The van der Waals surface area contributed by atoms with Gasteiger partial charge in [0.2, 0.25) is 0 Å². The average molecular weight is 222 g/mol. The molecule has 4 heteroatoms. The Balaban J connectivity index is 2.28. The molecule has 16 heavy (non-hydrogen) atoms. The number of aromatic nitrogens is 2. The molecule has 0 spiro atoms. The normalized spacial score (nSPS) is 19.3. The fourth-order valence-corrected chi connectivity index (χ4v) is 2.45. The van der Waals surface area contributed by atoms with E-state index in [2.05, 4.69) is 5.10 Å². The minimum Gasteiger partial charge on any atom is -0.464 e. The molecule has 0 unspecified atom stereocenters. The standard InChI is InChI=1S/C12H18N2O2/c1-2-16-11(15)12(7-4-3-5-8-12)14-10-6-9-13-14/h6,9-10H,2-5,7-8H2,1H3. The van der Waals surface area contributed by atoms with Crippen molar-refractivity contribution in [1.82, 2.24) is 9.78 Å². The SMILES string of the molecule is CCOC(=O)C1(n2cccn2)CCCCC1. The molecule has 88 valence electrons. The summed E-state index contributed by atoms with van der Waals surface area (Å²) in [7, 11) is 0. The zero-order chi connectivity index (χ0) is 11.4. The Morgan fingerprint density at radius 1 is 1.44 bits per heavy atom. The van der Waals surface area contributed by atoms with Crippen LogP contribution >= 0.6 is 0 Å². The third-order valence-electron chi connectivity index (χ3n) is 3.28. The molecule has 1 aromatic heterocycles. The second kappa shape index (κ2) is 4.68. The van der Waals surface area contributed by atoms with Crippen LogP contribution in [-0.2, 0) is 15.1 Å². The molecule has 0 aromatic carbocycles. The molecule has 0 radical (unpaired) electrons. The van der Waals surface area contributed by atoms with E-state index in [1.54, 1.807) is 10.9 Å². The van der Waals surface area contributed by atoms with Gasteiger partial charge in [0.1, 0.15) is 0 Å². The zero-order valence-corrected chi connectivity index (χ0v) is 9.69. The third-order valence-corrected chi connectivity index (χ3v) is 3.28. The molecule has 1 heterocycles. The van der Waals surface area contributed by atoms with Gasteiger partial charge < -0.3 is 4.74 Å². The lowest BCUT2D eigenvalue weighted by Gasteiger charge is -2.34. The summed E-state index contributed by atoms with van der Waals surface area (Å²) in [6.07, 6.45) is 8.60. The number of nitrogens with zero attached hydrogens (tertiary/aromatic N) is 2. The van der Waals surface area contributed by atoms with Crippen molar-refractivity contribution in [1.29, 1.82) is 0 Å². The van der Waals surface area contributed by atoms with Crippen LogP contribution < -0.4 is 0 Å². The summed E-state index contributed by atoms with van der Waals surface area (Å²) in [6, 6.07) is 1.86. The first kappa shape index (κ1) is 11.2. The number of esters is 1. The van der Waals surface area contributed by atoms with E-state index in [4.69, 9.17) is 4.74 Å². The van der Waals surface area contributed by atoms with Crippen LogP contribution in [-0.4, -0.2) is 22.4 Å². The molecule has 0 bridgehead atoms. The quantitative estimate of drug-likeness (QED) is 0.736. The molecular formula is C12H18N2O2. The molecule has 0 N–H and O–H groups in total. The summed E-state index contributed by atoms with van der Waals surface area (Å²) in [5.41, 5.74) is -0.544. The Hall–Kier alpha value is -1.32. The molecule has 1 saturated carbocycles. The van der Waals surface area contributed by atoms with Gasteiger partial charge in [0.15, 0.2) is 5.54 Å². The second-order valence-electron chi connectivity index (χ2n) is 4.26. The van der Waals surface area contributed by atoms with E-state index in [9.17, 15) is 4.79 Å². The first-order valence-electron chi connectivity index (χ1n) is 5.97. The van der Waals surface area contributed by atoms with Crippen LogP contribution in [0.1, 0.15) is 39.0 Å². The molecular weight excluding hydrogens is 204 g/mol. The maximum absolute atomic E-state index is 12.1. The van der Waals surface area contributed by atoms with Gasteiger partial charge in [0, 0.05) is 12.4 Å². The lowest BCUT2D eigenvalue weighted by Crippen LogP contribution is -2.45. The Morgan fingerprint density at radius 2 is 2.19 bits per heavy atom. The van der Waals surface area contributed by atoms with Gasteiger partial charge in [0.25, 0.3) is 0 Å². The largest absolute Gasteiger partial charge is 0.464 e. The number of hydrogen-bond acceptors (Lipinski definition) is 3. The summed E-state index contributed by atoms with van der Waals surface area (Å²) >= 11 is 0. The van der Waals surface area contributed by atoms with E-state index in [1.165, 1.54) is 6.42 Å². The molecule has 1 aliphatic rings. The van der Waals surface area contributed by atoms with Crippen LogP contribution in [0.5, 0.6) is 0 Å². The Kier molecular flexibility index (Phi) is 3.27. The minimum absolute atomic E-state index is 0.126. The molecule has 1 aromatic rings. The molecule has 0 atom stereocenters. The molecule has 0 aliphatic heterocycles. The van der Waals surface area contributed by atoms with Gasteiger partial charge in [-0.25, -0.2) is 4.79 Å². The van der Waals surface area contributed by atoms with Gasteiger partial charge in [0.05, 0.1) is 6.61 Å². The van der Waals surface area contributed by atoms with Crippen LogP contribution in [0.15, 0.2) is 18.5 Å². The predicted octanol–water partition coefficient (Wildman–Crippen LogP) is 2.11. The summed E-state index contributed by atoms with van der Waals surface area (Å²) in [5.74, 6) is -0.126. The van der Waals surface area contributed by atoms with Crippen LogP contribution in [0.2, 0.25) is 0 Å². The van der Waals surface area contributed by atoms with E-state index in [1.807, 2.05) is 19.2 Å². The van der Waals surface area contributed by atoms with Gasteiger partial charge in [-0.1, -0.05) is 19.3 Å². The van der Waals surface area contributed by atoms with Crippen LogP contribution in [0, 0.1) is 0 Å². The number of ether oxygens (including phenoxy) is 1. The van der Waals surface area contributed by atoms with Gasteiger partial charge in [-0.15, -0.1) is 0 Å². The topological polar surface area (TPSA) is 44.1 Å². The van der Waals surface area contributed by atoms with Gasteiger partial charge in [-0.3, -0.25) is 4.68 Å². The summed E-state index contributed by atoms with van der Waals surface area (Å²) in [4.78, 5) is 12.1. The van der Waals surface area contributed by atoms with Crippen molar-refractivity contribution in [3.05, 3.63) is 18.5 Å². The Morgan fingerprint density at radius 3 is 2.75 bits per heavy atom. The van der Waals surface area contributed by atoms with Crippen LogP contribution in [0.4, 0.5) is 0 Å². The Labute approximate surface area is 95.6 Å². The number of carbonyl (C=O) groups is 1. The highest BCUT2D eigenvalue weighted by atomic mass is 16.5. The van der Waals surface area contributed by atoms with E-state index >= 15 is 0 Å². The fourth-order valence-electron chi connectivity index (χ4n) is 2.45. The van der Waals surface area contributed by atoms with E-state index in [0.717, 1.165) is 25.7 Å². The molecule has 0 saturated heterocycles. The van der Waals surface area contributed by atoms with E-state index < -0.39 is 5.54 Å².